The first-order valence-corrected chi connectivity index (χ1v) is 8.06. The van der Waals surface area contributed by atoms with Gasteiger partial charge in [-0.05, 0) is 37.7 Å². The molecule has 0 N–H and O–H groups in total. The van der Waals surface area contributed by atoms with Gasteiger partial charge in [0.25, 0.3) is 0 Å². The molecule has 2 heteroatoms. The van der Waals surface area contributed by atoms with Gasteiger partial charge in [-0.15, -0.1) is 23.1 Å². The summed E-state index contributed by atoms with van der Waals surface area (Å²) in [5.74, 6) is 1.29. The summed E-state index contributed by atoms with van der Waals surface area (Å²) in [5.41, 5.74) is 0. The fourth-order valence-electron chi connectivity index (χ4n) is 1.30. The number of aryl methyl sites for hydroxylation is 1. The molecule has 0 nitrogen and oxygen atoms in total. The molecule has 92 valence electrons. The highest BCUT2D eigenvalue weighted by atomic mass is 32.2. The Bertz CT molecular complexity index is 297. The number of hydrogen-bond donors (Lipinski definition) is 0. The van der Waals surface area contributed by atoms with Crippen LogP contribution in [0.15, 0.2) is 18.2 Å². The Kier molecular flexibility index (Phi) is 9.85. The summed E-state index contributed by atoms with van der Waals surface area (Å²) in [6, 6.07) is 4.44. The zero-order chi connectivity index (χ0) is 12.4. The highest BCUT2D eigenvalue weighted by Crippen LogP contribution is 2.36. The van der Waals surface area contributed by atoms with Crippen LogP contribution >= 0.6 is 23.1 Å². The first kappa shape index (κ1) is 15.8. The van der Waals surface area contributed by atoms with Crippen LogP contribution < -0.4 is 0 Å². The molecule has 16 heavy (non-hydrogen) atoms. The standard InChI is InChI=1S/C10H12S2.2C2H6/c1-8-5-6-10(12-8)9-4-2-3-7-11-9;2*1-2/h4-6H,2-3,7H2,1H3;2*1-2H3. The van der Waals surface area contributed by atoms with E-state index in [0.29, 0.717) is 0 Å². The molecule has 0 atom stereocenters. The second-order valence-corrected chi connectivity index (χ2v) is 5.39. The molecule has 0 unspecified atom stereocenters. The van der Waals surface area contributed by atoms with Crippen molar-refractivity contribution in [1.82, 2.24) is 0 Å². The monoisotopic (exact) mass is 256 g/mol. The molecule has 0 spiro atoms. The summed E-state index contributed by atoms with van der Waals surface area (Å²) in [6.07, 6.45) is 4.98. The predicted molar refractivity (Wildman–Crippen MR) is 81.4 cm³/mol. The number of thioether (sulfide) groups is 1. The van der Waals surface area contributed by atoms with Gasteiger partial charge in [0, 0.05) is 14.7 Å². The van der Waals surface area contributed by atoms with Crippen LogP contribution in [0, 0.1) is 6.92 Å². The van der Waals surface area contributed by atoms with Crippen molar-refractivity contribution in [3.05, 3.63) is 28.0 Å². The average molecular weight is 256 g/mol. The van der Waals surface area contributed by atoms with Gasteiger partial charge in [-0.3, -0.25) is 0 Å². The molecular weight excluding hydrogens is 232 g/mol. The van der Waals surface area contributed by atoms with Crippen LogP contribution in [0.25, 0.3) is 4.91 Å². The van der Waals surface area contributed by atoms with Crippen molar-refractivity contribution in [3.63, 3.8) is 0 Å². The fraction of sp³-hybridized carbons (Fsp3) is 0.571. The van der Waals surface area contributed by atoms with Gasteiger partial charge in [0.05, 0.1) is 0 Å². The third-order valence-corrected chi connectivity index (χ3v) is 4.27. The van der Waals surface area contributed by atoms with E-state index in [4.69, 9.17) is 0 Å². The first-order valence-electron chi connectivity index (χ1n) is 6.26. The summed E-state index contributed by atoms with van der Waals surface area (Å²) in [5, 5.41) is 0. The number of allylic oxidation sites excluding steroid dienone is 1. The molecule has 0 amide bonds. The van der Waals surface area contributed by atoms with Gasteiger partial charge in [0.1, 0.15) is 0 Å². The Morgan fingerprint density at radius 3 is 2.19 bits per heavy atom. The highest BCUT2D eigenvalue weighted by molar-refractivity contribution is 8.08. The zero-order valence-electron chi connectivity index (χ0n) is 11.2. The number of thiophene rings is 1. The minimum atomic E-state index is 1.26. The molecule has 2 heterocycles. The van der Waals surface area contributed by atoms with E-state index in [1.165, 1.54) is 33.3 Å². The van der Waals surface area contributed by atoms with Crippen LogP contribution in [-0.2, 0) is 0 Å². The molecule has 1 aromatic heterocycles. The zero-order valence-corrected chi connectivity index (χ0v) is 12.8. The molecule has 1 aliphatic heterocycles. The van der Waals surface area contributed by atoms with E-state index in [-0.39, 0.29) is 0 Å². The third-order valence-electron chi connectivity index (χ3n) is 1.92. The van der Waals surface area contributed by atoms with E-state index in [0.717, 1.165) is 0 Å². The molecule has 0 saturated carbocycles. The lowest BCUT2D eigenvalue weighted by Gasteiger charge is -2.09. The normalized spacial score (nSPS) is 13.9. The van der Waals surface area contributed by atoms with Crippen LogP contribution in [0.2, 0.25) is 0 Å². The van der Waals surface area contributed by atoms with E-state index < -0.39 is 0 Å². The molecule has 1 aliphatic rings. The van der Waals surface area contributed by atoms with Crippen molar-refractivity contribution >= 4 is 28.0 Å². The minimum absolute atomic E-state index is 1.26. The van der Waals surface area contributed by atoms with Gasteiger partial charge in [-0.25, -0.2) is 0 Å². The van der Waals surface area contributed by atoms with E-state index >= 15 is 0 Å². The Hall–Kier alpha value is -0.210. The third kappa shape index (κ3) is 5.22. The number of hydrogen-bond acceptors (Lipinski definition) is 2. The SMILES string of the molecule is CC.CC.Cc1ccc(C2=CCCCS2)s1. The molecule has 0 bridgehead atoms. The van der Waals surface area contributed by atoms with Crippen LogP contribution in [-0.4, -0.2) is 5.75 Å². The van der Waals surface area contributed by atoms with Gasteiger partial charge in [0.15, 0.2) is 0 Å². The minimum Gasteiger partial charge on any atom is -0.140 e. The van der Waals surface area contributed by atoms with Crippen LogP contribution in [0.5, 0.6) is 0 Å². The quantitative estimate of drug-likeness (QED) is 0.596. The Morgan fingerprint density at radius 2 is 1.75 bits per heavy atom. The second kappa shape index (κ2) is 9.98. The van der Waals surface area contributed by atoms with Gasteiger partial charge in [-0.2, -0.15) is 0 Å². The molecule has 0 saturated heterocycles. The van der Waals surface area contributed by atoms with Crippen molar-refractivity contribution in [2.45, 2.75) is 47.5 Å². The van der Waals surface area contributed by atoms with Crippen LogP contribution in [0.4, 0.5) is 0 Å². The molecular formula is C14H24S2. The smallest absolute Gasteiger partial charge is 0.0405 e. The molecule has 0 aliphatic carbocycles. The van der Waals surface area contributed by atoms with Gasteiger partial charge >= 0.3 is 0 Å². The van der Waals surface area contributed by atoms with E-state index in [9.17, 15) is 0 Å². The highest BCUT2D eigenvalue weighted by Gasteiger charge is 2.07. The first-order chi connectivity index (χ1) is 7.86. The fourth-order valence-corrected chi connectivity index (χ4v) is 3.38. The number of rotatable bonds is 1. The summed E-state index contributed by atoms with van der Waals surface area (Å²) < 4.78 is 0. The maximum absolute atomic E-state index is 2.37. The summed E-state index contributed by atoms with van der Waals surface area (Å²) in [7, 11) is 0. The summed E-state index contributed by atoms with van der Waals surface area (Å²) >= 11 is 3.91. The van der Waals surface area contributed by atoms with Gasteiger partial charge < -0.3 is 0 Å². The second-order valence-electron chi connectivity index (χ2n) is 2.97. The van der Waals surface area contributed by atoms with Crippen LogP contribution in [0.1, 0.15) is 50.3 Å². The van der Waals surface area contributed by atoms with Crippen molar-refractivity contribution in [2.24, 2.45) is 0 Å². The lowest BCUT2D eigenvalue weighted by Crippen LogP contribution is -1.87. The van der Waals surface area contributed by atoms with E-state index in [1.807, 2.05) is 50.8 Å². The molecule has 0 radical (unpaired) electrons. The largest absolute Gasteiger partial charge is 0.140 e. The van der Waals surface area contributed by atoms with Crippen molar-refractivity contribution in [1.29, 1.82) is 0 Å². The molecule has 1 aromatic rings. The summed E-state index contributed by atoms with van der Waals surface area (Å²) in [4.78, 5) is 4.37. The van der Waals surface area contributed by atoms with Crippen molar-refractivity contribution < 1.29 is 0 Å². The van der Waals surface area contributed by atoms with Crippen molar-refractivity contribution in [2.75, 3.05) is 5.75 Å². The molecule has 0 fully saturated rings. The Balaban J connectivity index is 0.000000509. The predicted octanol–water partition coefficient (Wildman–Crippen LogP) is 5.98. The lowest BCUT2D eigenvalue weighted by atomic mass is 10.3. The van der Waals surface area contributed by atoms with Crippen LogP contribution in [0.3, 0.4) is 0 Å². The van der Waals surface area contributed by atoms with E-state index in [1.54, 1.807) is 0 Å². The average Bonchev–Trinajstić information content (AvgIpc) is 2.82. The Morgan fingerprint density at radius 1 is 1.06 bits per heavy atom. The molecule has 0 aromatic carbocycles. The topological polar surface area (TPSA) is 0 Å². The Labute approximate surface area is 109 Å². The molecule has 2 rings (SSSR count). The van der Waals surface area contributed by atoms with Crippen molar-refractivity contribution in [3.8, 4) is 0 Å². The van der Waals surface area contributed by atoms with Gasteiger partial charge in [-0.1, -0.05) is 33.8 Å². The summed E-state index contributed by atoms with van der Waals surface area (Å²) in [6.45, 7) is 10.2. The maximum Gasteiger partial charge on any atom is 0.0405 e. The lowest BCUT2D eigenvalue weighted by molar-refractivity contribution is 0.969. The van der Waals surface area contributed by atoms with E-state index in [2.05, 4.69) is 25.1 Å². The van der Waals surface area contributed by atoms with Gasteiger partial charge in [0.2, 0.25) is 0 Å². The maximum atomic E-state index is 2.37.